The summed E-state index contributed by atoms with van der Waals surface area (Å²) in [6.45, 7) is 3.21. The summed E-state index contributed by atoms with van der Waals surface area (Å²) in [7, 11) is 1.81. The molecule has 106 valence electrons. The fourth-order valence-electron chi connectivity index (χ4n) is 2.78. The molecule has 5 heteroatoms. The lowest BCUT2D eigenvalue weighted by Gasteiger charge is -2.23. The van der Waals surface area contributed by atoms with Crippen LogP contribution in [-0.2, 0) is 9.59 Å². The number of carboxylic acid groups (broad SMARTS) is 1. The van der Waals surface area contributed by atoms with E-state index in [2.05, 4.69) is 6.08 Å². The third kappa shape index (κ3) is 2.97. The Bertz CT molecular complexity index is 419. The Morgan fingerprint density at radius 3 is 2.79 bits per heavy atom. The van der Waals surface area contributed by atoms with Crippen molar-refractivity contribution in [1.29, 1.82) is 0 Å². The minimum absolute atomic E-state index is 0.0581. The van der Waals surface area contributed by atoms with E-state index >= 15 is 0 Å². The van der Waals surface area contributed by atoms with Gasteiger partial charge >= 0.3 is 5.97 Å². The van der Waals surface area contributed by atoms with E-state index in [-0.39, 0.29) is 5.91 Å². The van der Waals surface area contributed by atoms with Gasteiger partial charge in [0.25, 0.3) is 0 Å². The van der Waals surface area contributed by atoms with Gasteiger partial charge in [-0.25, -0.2) is 0 Å². The first-order chi connectivity index (χ1) is 8.92. The van der Waals surface area contributed by atoms with E-state index in [0.717, 1.165) is 25.0 Å². The Kier molecular flexibility index (Phi) is 3.94. The molecule has 1 atom stereocenters. The largest absolute Gasteiger partial charge is 0.481 e. The summed E-state index contributed by atoms with van der Waals surface area (Å²) in [5.41, 5.74) is 0.399. The van der Waals surface area contributed by atoms with Gasteiger partial charge < -0.3 is 10.0 Å². The molecule has 1 aliphatic carbocycles. The first-order valence-corrected chi connectivity index (χ1v) is 6.84. The smallest absolute Gasteiger partial charge is 0.310 e. The van der Waals surface area contributed by atoms with Crippen molar-refractivity contribution in [1.82, 2.24) is 9.80 Å². The lowest BCUT2D eigenvalue weighted by Crippen LogP contribution is -2.38. The molecule has 0 spiro atoms. The highest BCUT2D eigenvalue weighted by Crippen LogP contribution is 2.30. The summed E-state index contributed by atoms with van der Waals surface area (Å²) >= 11 is 0. The van der Waals surface area contributed by atoms with Gasteiger partial charge in [0.05, 0.1) is 12.0 Å². The fraction of sp³-hybridized carbons (Fsp3) is 0.714. The SMILES string of the molecule is CN(C(=O)CN1CCC(C)(C(=O)O)C1)C1=CCCC1. The number of likely N-dealkylation sites (tertiary alicyclic amines) is 1. The summed E-state index contributed by atoms with van der Waals surface area (Å²) in [5, 5.41) is 9.18. The van der Waals surface area contributed by atoms with Crippen LogP contribution in [0.3, 0.4) is 0 Å². The molecule has 2 rings (SSSR count). The van der Waals surface area contributed by atoms with Crippen molar-refractivity contribution in [3.8, 4) is 0 Å². The number of likely N-dealkylation sites (N-methyl/N-ethyl adjacent to an activating group) is 1. The van der Waals surface area contributed by atoms with Gasteiger partial charge in [-0.1, -0.05) is 6.08 Å². The number of carbonyl (C=O) groups is 2. The van der Waals surface area contributed by atoms with Crippen molar-refractivity contribution < 1.29 is 14.7 Å². The summed E-state index contributed by atoms with van der Waals surface area (Å²) < 4.78 is 0. The minimum atomic E-state index is -0.769. The molecule has 0 bridgehead atoms. The number of nitrogens with zero attached hydrogens (tertiary/aromatic N) is 2. The molecule has 1 aliphatic heterocycles. The number of amides is 1. The van der Waals surface area contributed by atoms with Gasteiger partial charge in [-0.15, -0.1) is 0 Å². The molecular formula is C14H22N2O3. The Morgan fingerprint density at radius 1 is 1.53 bits per heavy atom. The molecule has 0 radical (unpaired) electrons. The van der Waals surface area contributed by atoms with Crippen molar-refractivity contribution in [2.24, 2.45) is 5.41 Å². The minimum Gasteiger partial charge on any atom is -0.481 e. The first kappa shape index (κ1) is 14.1. The van der Waals surface area contributed by atoms with E-state index in [9.17, 15) is 14.7 Å². The predicted octanol–water partition coefficient (Wildman–Crippen LogP) is 1.31. The Hall–Kier alpha value is -1.36. The molecule has 0 aromatic carbocycles. The highest BCUT2D eigenvalue weighted by molar-refractivity contribution is 5.80. The molecule has 1 fully saturated rings. The summed E-state index contributed by atoms with van der Waals surface area (Å²) in [6, 6.07) is 0. The number of rotatable bonds is 4. The number of hydrogen-bond donors (Lipinski definition) is 1. The van der Waals surface area contributed by atoms with E-state index < -0.39 is 11.4 Å². The van der Waals surface area contributed by atoms with Crippen molar-refractivity contribution in [2.75, 3.05) is 26.7 Å². The van der Waals surface area contributed by atoms with Gasteiger partial charge in [-0.2, -0.15) is 0 Å². The van der Waals surface area contributed by atoms with Crippen LogP contribution < -0.4 is 0 Å². The van der Waals surface area contributed by atoms with Gasteiger partial charge in [0, 0.05) is 19.3 Å². The molecule has 1 unspecified atom stereocenters. The van der Waals surface area contributed by atoms with E-state index in [1.165, 1.54) is 0 Å². The molecular weight excluding hydrogens is 244 g/mol. The van der Waals surface area contributed by atoms with Crippen LogP contribution in [-0.4, -0.2) is 53.5 Å². The van der Waals surface area contributed by atoms with Gasteiger partial charge in [0.1, 0.15) is 0 Å². The maximum Gasteiger partial charge on any atom is 0.310 e. The average molecular weight is 266 g/mol. The van der Waals surface area contributed by atoms with Crippen molar-refractivity contribution >= 4 is 11.9 Å². The fourth-order valence-corrected chi connectivity index (χ4v) is 2.78. The van der Waals surface area contributed by atoms with Crippen LogP contribution >= 0.6 is 0 Å². The molecule has 1 N–H and O–H groups in total. The van der Waals surface area contributed by atoms with E-state index in [4.69, 9.17) is 0 Å². The molecule has 1 saturated heterocycles. The van der Waals surface area contributed by atoms with E-state index in [1.807, 2.05) is 11.9 Å². The number of carbonyl (C=O) groups excluding carboxylic acids is 1. The lowest BCUT2D eigenvalue weighted by atomic mass is 9.90. The highest BCUT2D eigenvalue weighted by atomic mass is 16.4. The monoisotopic (exact) mass is 266 g/mol. The van der Waals surface area contributed by atoms with Crippen LogP contribution in [0.2, 0.25) is 0 Å². The second-order valence-corrected chi connectivity index (χ2v) is 5.87. The maximum absolute atomic E-state index is 12.2. The van der Waals surface area contributed by atoms with Crippen molar-refractivity contribution in [2.45, 2.75) is 32.6 Å². The molecule has 0 aromatic rings. The van der Waals surface area contributed by atoms with Crippen LogP contribution in [0.4, 0.5) is 0 Å². The maximum atomic E-state index is 12.2. The Morgan fingerprint density at radius 2 is 2.26 bits per heavy atom. The molecule has 1 amide bonds. The lowest BCUT2D eigenvalue weighted by molar-refractivity contribution is -0.147. The number of aliphatic carboxylic acids is 1. The van der Waals surface area contributed by atoms with Gasteiger partial charge in [-0.3, -0.25) is 14.5 Å². The first-order valence-electron chi connectivity index (χ1n) is 6.84. The topological polar surface area (TPSA) is 60.9 Å². The second kappa shape index (κ2) is 5.33. The third-order valence-electron chi connectivity index (χ3n) is 4.25. The van der Waals surface area contributed by atoms with E-state index in [1.54, 1.807) is 11.8 Å². The van der Waals surface area contributed by atoms with Gasteiger partial charge in [0.15, 0.2) is 0 Å². The highest BCUT2D eigenvalue weighted by Gasteiger charge is 2.41. The van der Waals surface area contributed by atoms with E-state index in [0.29, 0.717) is 26.1 Å². The number of hydrogen-bond acceptors (Lipinski definition) is 3. The van der Waals surface area contributed by atoms with Crippen LogP contribution in [0.5, 0.6) is 0 Å². The summed E-state index contributed by atoms with van der Waals surface area (Å²) in [4.78, 5) is 27.0. The molecule has 0 aromatic heterocycles. The van der Waals surface area contributed by atoms with Crippen molar-refractivity contribution in [3.63, 3.8) is 0 Å². The van der Waals surface area contributed by atoms with Crippen LogP contribution in [0.15, 0.2) is 11.8 Å². The third-order valence-corrected chi connectivity index (χ3v) is 4.25. The quantitative estimate of drug-likeness (QED) is 0.833. The summed E-state index contributed by atoms with van der Waals surface area (Å²) in [5.74, 6) is -0.711. The normalized spacial score (nSPS) is 27.4. The molecule has 19 heavy (non-hydrogen) atoms. The zero-order valence-electron chi connectivity index (χ0n) is 11.7. The zero-order valence-corrected chi connectivity index (χ0v) is 11.7. The molecule has 1 heterocycles. The van der Waals surface area contributed by atoms with Crippen molar-refractivity contribution in [3.05, 3.63) is 11.8 Å². The second-order valence-electron chi connectivity index (χ2n) is 5.87. The van der Waals surface area contributed by atoms with Gasteiger partial charge in [0.2, 0.25) is 5.91 Å². The molecule has 0 saturated carbocycles. The van der Waals surface area contributed by atoms with Crippen LogP contribution in [0.25, 0.3) is 0 Å². The van der Waals surface area contributed by atoms with Crippen LogP contribution in [0, 0.1) is 5.41 Å². The predicted molar refractivity (Wildman–Crippen MR) is 71.5 cm³/mol. The Labute approximate surface area is 113 Å². The van der Waals surface area contributed by atoms with Crippen LogP contribution in [0.1, 0.15) is 32.6 Å². The average Bonchev–Trinajstić information content (AvgIpc) is 2.98. The zero-order chi connectivity index (χ0) is 14.0. The number of allylic oxidation sites excluding steroid dienone is 2. The molecule has 5 nitrogen and oxygen atoms in total. The molecule has 2 aliphatic rings. The Balaban J connectivity index is 1.88. The van der Waals surface area contributed by atoms with Gasteiger partial charge in [-0.05, 0) is 39.2 Å². The number of carboxylic acids is 1. The standard InChI is InChI=1S/C14H22N2O3/c1-14(13(18)19)7-8-16(10-14)9-12(17)15(2)11-5-3-4-6-11/h5H,3-4,6-10H2,1-2H3,(H,18,19). The summed E-state index contributed by atoms with van der Waals surface area (Å²) in [6.07, 6.45) is 5.86.